The quantitative estimate of drug-likeness (QED) is 0.708. The maximum absolute atomic E-state index is 11.3. The zero-order valence-electron chi connectivity index (χ0n) is 10.6. The van der Waals surface area contributed by atoms with E-state index < -0.39 is 0 Å². The van der Waals surface area contributed by atoms with Crippen LogP contribution in [0.5, 0.6) is 0 Å². The van der Waals surface area contributed by atoms with Crippen molar-refractivity contribution in [3.8, 4) is 6.07 Å². The van der Waals surface area contributed by atoms with Gasteiger partial charge in [0.1, 0.15) is 5.82 Å². The molecule has 0 unspecified atom stereocenters. The van der Waals surface area contributed by atoms with Crippen LogP contribution in [0.15, 0.2) is 48.5 Å². The number of fused-ring (bicyclic) bond motifs is 1. The van der Waals surface area contributed by atoms with E-state index in [1.807, 2.05) is 30.3 Å². The van der Waals surface area contributed by atoms with Crippen LogP contribution < -0.4 is 5.32 Å². The van der Waals surface area contributed by atoms with Gasteiger partial charge in [-0.25, -0.2) is 0 Å². The number of nitriles is 1. The number of nitrogens with one attached hydrogen (secondary N) is 2. The summed E-state index contributed by atoms with van der Waals surface area (Å²) in [5.74, 6) is 0.635. The van der Waals surface area contributed by atoms with Gasteiger partial charge in [-0.3, -0.25) is 4.79 Å². The fourth-order valence-corrected chi connectivity index (χ4v) is 2.20. The molecular weight excluding hydrogens is 250 g/mol. The Hall–Kier alpha value is -3.06. The molecule has 3 rings (SSSR count). The predicted octanol–water partition coefficient (Wildman–Crippen LogP) is 3.60. The third-order valence-corrected chi connectivity index (χ3v) is 3.13. The molecule has 0 atom stereocenters. The molecule has 3 aromatic rings. The highest BCUT2D eigenvalue weighted by atomic mass is 16.1. The van der Waals surface area contributed by atoms with E-state index >= 15 is 0 Å². The Morgan fingerprint density at radius 3 is 2.80 bits per heavy atom. The molecule has 0 aliphatic heterocycles. The van der Waals surface area contributed by atoms with Gasteiger partial charge >= 0.3 is 0 Å². The number of aromatic nitrogens is 1. The number of para-hydroxylation sites is 1. The average Bonchev–Trinajstić information content (AvgIpc) is 2.84. The van der Waals surface area contributed by atoms with Crippen molar-refractivity contribution in [1.82, 2.24) is 4.98 Å². The topological polar surface area (TPSA) is 68.7 Å². The second-order valence-electron chi connectivity index (χ2n) is 4.39. The van der Waals surface area contributed by atoms with Gasteiger partial charge in [0.2, 0.25) is 0 Å². The van der Waals surface area contributed by atoms with Crippen LogP contribution in [0.3, 0.4) is 0 Å². The van der Waals surface area contributed by atoms with Gasteiger partial charge in [0, 0.05) is 16.6 Å². The molecule has 0 aliphatic carbocycles. The summed E-state index contributed by atoms with van der Waals surface area (Å²) in [6, 6.07) is 16.8. The molecule has 0 fully saturated rings. The number of anilines is 2. The highest BCUT2D eigenvalue weighted by Gasteiger charge is 2.10. The Balaban J connectivity index is 2.06. The Kier molecular flexibility index (Phi) is 2.94. The van der Waals surface area contributed by atoms with Crippen LogP contribution in [0.25, 0.3) is 10.9 Å². The lowest BCUT2D eigenvalue weighted by atomic mass is 10.2. The predicted molar refractivity (Wildman–Crippen MR) is 78.1 cm³/mol. The summed E-state index contributed by atoms with van der Waals surface area (Å²) in [5.41, 5.74) is 2.81. The summed E-state index contributed by atoms with van der Waals surface area (Å²) in [7, 11) is 0. The monoisotopic (exact) mass is 261 g/mol. The largest absolute Gasteiger partial charge is 0.341 e. The van der Waals surface area contributed by atoms with Gasteiger partial charge in [-0.05, 0) is 24.3 Å². The van der Waals surface area contributed by atoms with Gasteiger partial charge in [-0.15, -0.1) is 0 Å². The molecule has 0 radical (unpaired) electrons. The molecule has 2 N–H and O–H groups in total. The summed E-state index contributed by atoms with van der Waals surface area (Å²) in [4.78, 5) is 14.5. The van der Waals surface area contributed by atoms with Crippen molar-refractivity contribution < 1.29 is 4.79 Å². The molecule has 0 saturated heterocycles. The molecular formula is C16H11N3O. The number of carbonyl (C=O) groups excluding carboxylic acids is 1. The molecule has 0 saturated carbocycles. The Morgan fingerprint density at radius 2 is 2.00 bits per heavy atom. The second kappa shape index (κ2) is 4.90. The van der Waals surface area contributed by atoms with Crippen molar-refractivity contribution in [2.75, 3.05) is 5.32 Å². The minimum Gasteiger partial charge on any atom is -0.341 e. The van der Waals surface area contributed by atoms with Gasteiger partial charge in [-0.2, -0.15) is 5.26 Å². The molecule has 1 aromatic heterocycles. The van der Waals surface area contributed by atoms with Crippen molar-refractivity contribution in [3.05, 3.63) is 59.7 Å². The highest BCUT2D eigenvalue weighted by molar-refractivity contribution is 6.03. The standard InChI is InChI=1S/C16H11N3O/c17-9-11-4-3-5-12(8-11)18-16-14(10-20)13-6-1-2-7-15(13)19-16/h1-8,10,18-19H. The number of aromatic amines is 1. The number of rotatable bonds is 3. The van der Waals surface area contributed by atoms with Crippen LogP contribution in [0.4, 0.5) is 11.5 Å². The Labute approximate surface area is 115 Å². The van der Waals surface area contributed by atoms with Gasteiger partial charge < -0.3 is 10.3 Å². The molecule has 0 amide bonds. The van der Waals surface area contributed by atoms with E-state index in [2.05, 4.69) is 16.4 Å². The molecule has 96 valence electrons. The maximum Gasteiger partial charge on any atom is 0.154 e. The lowest BCUT2D eigenvalue weighted by Gasteiger charge is -2.05. The lowest BCUT2D eigenvalue weighted by Crippen LogP contribution is -1.94. The van der Waals surface area contributed by atoms with E-state index in [1.54, 1.807) is 18.2 Å². The molecule has 1 heterocycles. The smallest absolute Gasteiger partial charge is 0.154 e. The van der Waals surface area contributed by atoms with Gasteiger partial charge in [-0.1, -0.05) is 24.3 Å². The molecule has 0 aliphatic rings. The van der Waals surface area contributed by atoms with Crippen LogP contribution in [-0.2, 0) is 0 Å². The van der Waals surface area contributed by atoms with E-state index in [-0.39, 0.29) is 0 Å². The number of benzene rings is 2. The Bertz CT molecular complexity index is 827. The number of hydrogen-bond donors (Lipinski definition) is 2. The van der Waals surface area contributed by atoms with E-state index in [0.717, 1.165) is 22.9 Å². The molecule has 0 spiro atoms. The summed E-state index contributed by atoms with van der Waals surface area (Å²) in [6.45, 7) is 0. The van der Waals surface area contributed by atoms with Gasteiger partial charge in [0.15, 0.2) is 6.29 Å². The first-order valence-electron chi connectivity index (χ1n) is 6.15. The second-order valence-corrected chi connectivity index (χ2v) is 4.39. The van der Waals surface area contributed by atoms with Crippen LogP contribution >= 0.6 is 0 Å². The van der Waals surface area contributed by atoms with Crippen LogP contribution in [0.2, 0.25) is 0 Å². The summed E-state index contributed by atoms with van der Waals surface area (Å²) in [5, 5.41) is 12.9. The van der Waals surface area contributed by atoms with Gasteiger partial charge in [0.05, 0.1) is 17.2 Å². The van der Waals surface area contributed by atoms with Crippen LogP contribution in [-0.4, -0.2) is 11.3 Å². The molecule has 2 aromatic carbocycles. The third kappa shape index (κ3) is 2.02. The number of hydrogen-bond acceptors (Lipinski definition) is 3. The number of carbonyl (C=O) groups is 1. The summed E-state index contributed by atoms with van der Waals surface area (Å²) in [6.07, 6.45) is 0.829. The first-order valence-corrected chi connectivity index (χ1v) is 6.15. The minimum absolute atomic E-state index is 0.568. The first kappa shape index (κ1) is 12.0. The summed E-state index contributed by atoms with van der Waals surface area (Å²) < 4.78 is 0. The molecule has 20 heavy (non-hydrogen) atoms. The van der Waals surface area contributed by atoms with Crippen molar-refractivity contribution in [1.29, 1.82) is 5.26 Å². The van der Waals surface area contributed by atoms with Crippen molar-refractivity contribution in [3.63, 3.8) is 0 Å². The molecule has 4 heteroatoms. The van der Waals surface area contributed by atoms with E-state index in [9.17, 15) is 4.79 Å². The lowest BCUT2D eigenvalue weighted by molar-refractivity contribution is 0.112. The van der Waals surface area contributed by atoms with Crippen molar-refractivity contribution in [2.45, 2.75) is 0 Å². The third-order valence-electron chi connectivity index (χ3n) is 3.13. The van der Waals surface area contributed by atoms with Crippen LogP contribution in [0, 0.1) is 11.3 Å². The van der Waals surface area contributed by atoms with Crippen LogP contribution in [0.1, 0.15) is 15.9 Å². The van der Waals surface area contributed by atoms with Gasteiger partial charge in [0.25, 0.3) is 0 Å². The number of nitrogens with zero attached hydrogens (tertiary/aromatic N) is 1. The highest BCUT2D eigenvalue weighted by Crippen LogP contribution is 2.27. The fourth-order valence-electron chi connectivity index (χ4n) is 2.20. The SMILES string of the molecule is N#Cc1cccc(Nc2[nH]c3ccccc3c2C=O)c1. The minimum atomic E-state index is 0.568. The van der Waals surface area contributed by atoms with E-state index in [4.69, 9.17) is 5.26 Å². The number of H-pyrrole nitrogens is 1. The maximum atomic E-state index is 11.3. The fraction of sp³-hybridized carbons (Fsp3) is 0. The molecule has 0 bridgehead atoms. The Morgan fingerprint density at radius 1 is 1.15 bits per heavy atom. The normalized spacial score (nSPS) is 10.2. The average molecular weight is 261 g/mol. The zero-order valence-corrected chi connectivity index (χ0v) is 10.6. The first-order chi connectivity index (χ1) is 9.81. The van der Waals surface area contributed by atoms with Crippen molar-refractivity contribution in [2.24, 2.45) is 0 Å². The molecule has 4 nitrogen and oxygen atoms in total. The van der Waals surface area contributed by atoms with Crippen molar-refractivity contribution >= 4 is 28.7 Å². The number of aldehydes is 1. The van der Waals surface area contributed by atoms with E-state index in [1.165, 1.54) is 0 Å². The summed E-state index contributed by atoms with van der Waals surface area (Å²) >= 11 is 0. The zero-order chi connectivity index (χ0) is 13.9. The van der Waals surface area contributed by atoms with E-state index in [0.29, 0.717) is 16.9 Å².